The minimum absolute atomic E-state index is 0.245. The van der Waals surface area contributed by atoms with Crippen molar-refractivity contribution in [1.29, 1.82) is 0 Å². The van der Waals surface area contributed by atoms with Crippen molar-refractivity contribution in [1.82, 2.24) is 10.6 Å². The van der Waals surface area contributed by atoms with E-state index in [1.165, 1.54) is 17.0 Å². The number of carboxylic acids is 1. The van der Waals surface area contributed by atoms with Crippen molar-refractivity contribution < 1.29 is 19.5 Å². The van der Waals surface area contributed by atoms with Gasteiger partial charge < -0.3 is 15.7 Å². The molecule has 1 atom stereocenters. The zero-order valence-corrected chi connectivity index (χ0v) is 15.1. The normalized spacial score (nSPS) is 14.6. The van der Waals surface area contributed by atoms with Gasteiger partial charge in [-0.05, 0) is 23.8 Å². The van der Waals surface area contributed by atoms with E-state index < -0.39 is 17.9 Å². The van der Waals surface area contributed by atoms with Gasteiger partial charge in [0.2, 0.25) is 0 Å². The Balaban J connectivity index is 1.84. The fraction of sp³-hybridized carbons (Fsp3) is 0.211. The molecular weight excluding hydrogens is 370 g/mol. The second-order valence-corrected chi connectivity index (χ2v) is 6.49. The first-order chi connectivity index (χ1) is 13.0. The van der Waals surface area contributed by atoms with Crippen LogP contribution in [0, 0.1) is 0 Å². The van der Waals surface area contributed by atoms with Crippen molar-refractivity contribution in [2.45, 2.75) is 12.5 Å². The monoisotopic (exact) mass is 387 g/mol. The number of anilines is 1. The number of halogens is 1. The molecule has 0 radical (unpaired) electrons. The van der Waals surface area contributed by atoms with Crippen LogP contribution in [0.5, 0.6) is 0 Å². The van der Waals surface area contributed by atoms with Crippen LogP contribution in [-0.4, -0.2) is 36.1 Å². The molecule has 3 amide bonds. The van der Waals surface area contributed by atoms with Crippen LogP contribution in [0.3, 0.4) is 0 Å². The minimum atomic E-state index is -1.02. The fourth-order valence-corrected chi connectivity index (χ4v) is 3.14. The summed E-state index contributed by atoms with van der Waals surface area (Å²) in [6, 6.07) is 12.6. The second kappa shape index (κ2) is 8.09. The predicted molar refractivity (Wildman–Crippen MR) is 101 cm³/mol. The third-order valence-electron chi connectivity index (χ3n) is 4.24. The highest BCUT2D eigenvalue weighted by Gasteiger charge is 2.25. The van der Waals surface area contributed by atoms with Gasteiger partial charge in [0.05, 0.1) is 23.2 Å². The summed E-state index contributed by atoms with van der Waals surface area (Å²) in [4.78, 5) is 37.2. The number of rotatable bonds is 6. The molecule has 1 aliphatic heterocycles. The Morgan fingerprint density at radius 2 is 1.96 bits per heavy atom. The number of nitrogens with zero attached hydrogens (tertiary/aromatic N) is 1. The Kier molecular flexibility index (Phi) is 5.61. The molecule has 0 saturated carbocycles. The summed E-state index contributed by atoms with van der Waals surface area (Å²) in [7, 11) is 0. The van der Waals surface area contributed by atoms with Gasteiger partial charge in [0.1, 0.15) is 0 Å². The van der Waals surface area contributed by atoms with Crippen molar-refractivity contribution in [3.8, 4) is 0 Å². The summed E-state index contributed by atoms with van der Waals surface area (Å²) >= 11 is 6.19. The molecule has 8 heteroatoms. The zero-order valence-electron chi connectivity index (χ0n) is 14.3. The lowest BCUT2D eigenvalue weighted by Crippen LogP contribution is -2.31. The number of nitrogens with one attached hydrogen (secondary N) is 2. The van der Waals surface area contributed by atoms with E-state index in [4.69, 9.17) is 16.7 Å². The number of carbonyl (C=O) groups excluding carboxylic acids is 2. The van der Waals surface area contributed by atoms with Crippen LogP contribution >= 0.6 is 11.6 Å². The van der Waals surface area contributed by atoms with Crippen molar-refractivity contribution in [2.24, 2.45) is 0 Å². The summed E-state index contributed by atoms with van der Waals surface area (Å²) in [6.45, 7) is 0.954. The van der Waals surface area contributed by atoms with Crippen LogP contribution in [0.25, 0.3) is 0 Å². The van der Waals surface area contributed by atoms with Crippen LogP contribution < -0.4 is 15.5 Å². The van der Waals surface area contributed by atoms with Gasteiger partial charge in [0.15, 0.2) is 0 Å². The number of benzene rings is 2. The molecule has 2 aromatic rings. The molecular formula is C19H18ClN3O4. The minimum Gasteiger partial charge on any atom is -0.481 e. The highest BCUT2D eigenvalue weighted by atomic mass is 35.5. The summed E-state index contributed by atoms with van der Waals surface area (Å²) < 4.78 is 0. The molecule has 3 N–H and O–H groups in total. The van der Waals surface area contributed by atoms with Gasteiger partial charge in [-0.2, -0.15) is 0 Å². The van der Waals surface area contributed by atoms with E-state index in [2.05, 4.69) is 10.6 Å². The third kappa shape index (κ3) is 4.38. The molecule has 3 rings (SSSR count). The Bertz CT molecular complexity index is 873. The number of aliphatic carboxylic acids is 1. The Labute approximate surface area is 160 Å². The first-order valence-corrected chi connectivity index (χ1v) is 8.76. The average Bonchev–Trinajstić information content (AvgIpc) is 3.07. The Morgan fingerprint density at radius 3 is 2.59 bits per heavy atom. The lowest BCUT2D eigenvalue weighted by molar-refractivity contribution is -0.137. The van der Waals surface area contributed by atoms with Gasteiger partial charge >= 0.3 is 12.0 Å². The molecule has 0 spiro atoms. The van der Waals surface area contributed by atoms with E-state index in [1.54, 1.807) is 30.3 Å². The van der Waals surface area contributed by atoms with E-state index in [-0.39, 0.29) is 12.5 Å². The molecule has 1 heterocycles. The van der Waals surface area contributed by atoms with Gasteiger partial charge in [-0.25, -0.2) is 4.79 Å². The van der Waals surface area contributed by atoms with Gasteiger partial charge in [-0.15, -0.1) is 0 Å². The summed E-state index contributed by atoms with van der Waals surface area (Å²) in [5.41, 5.74) is 1.43. The quantitative estimate of drug-likeness (QED) is 0.709. The van der Waals surface area contributed by atoms with Gasteiger partial charge in [0, 0.05) is 18.7 Å². The van der Waals surface area contributed by atoms with E-state index >= 15 is 0 Å². The predicted octanol–water partition coefficient (Wildman–Crippen LogP) is 2.82. The molecule has 2 aromatic carbocycles. The molecule has 0 bridgehead atoms. The SMILES string of the molecule is O=C(O)C[C@H](NC(=O)c1ccc(Cl)c(N2CCNC2=O)c1)c1ccccc1. The topological polar surface area (TPSA) is 98.7 Å². The maximum atomic E-state index is 12.7. The van der Waals surface area contributed by atoms with Gasteiger partial charge in [0.25, 0.3) is 5.91 Å². The maximum absolute atomic E-state index is 12.7. The van der Waals surface area contributed by atoms with Crippen molar-refractivity contribution in [2.75, 3.05) is 18.0 Å². The molecule has 0 aromatic heterocycles. The van der Waals surface area contributed by atoms with Crippen molar-refractivity contribution >= 4 is 35.2 Å². The third-order valence-corrected chi connectivity index (χ3v) is 4.56. The molecule has 0 aliphatic carbocycles. The summed E-state index contributed by atoms with van der Waals surface area (Å²) in [5.74, 6) is -1.46. The maximum Gasteiger partial charge on any atom is 0.322 e. The van der Waals surface area contributed by atoms with Crippen LogP contribution in [0.4, 0.5) is 10.5 Å². The first-order valence-electron chi connectivity index (χ1n) is 8.38. The van der Waals surface area contributed by atoms with E-state index in [0.717, 1.165) is 0 Å². The zero-order chi connectivity index (χ0) is 19.4. The van der Waals surface area contributed by atoms with E-state index in [9.17, 15) is 14.4 Å². The van der Waals surface area contributed by atoms with Crippen LogP contribution in [0.15, 0.2) is 48.5 Å². The van der Waals surface area contributed by atoms with Crippen LogP contribution in [0.1, 0.15) is 28.4 Å². The number of amides is 3. The molecule has 0 unspecified atom stereocenters. The smallest absolute Gasteiger partial charge is 0.322 e. The highest BCUT2D eigenvalue weighted by Crippen LogP contribution is 2.28. The van der Waals surface area contributed by atoms with Crippen molar-refractivity contribution in [3.63, 3.8) is 0 Å². The highest BCUT2D eigenvalue weighted by molar-refractivity contribution is 6.34. The largest absolute Gasteiger partial charge is 0.481 e. The molecule has 27 heavy (non-hydrogen) atoms. The van der Waals surface area contributed by atoms with E-state index in [1.807, 2.05) is 6.07 Å². The molecule has 140 valence electrons. The first kappa shape index (κ1) is 18.7. The standard InChI is InChI=1S/C19H18ClN3O4/c20-14-7-6-13(10-16(14)23-9-8-21-19(23)27)18(26)22-15(11-17(24)25)12-4-2-1-3-5-12/h1-7,10,15H,8-9,11H2,(H,21,27)(H,22,26)(H,24,25)/t15-/m0/s1. The Morgan fingerprint density at radius 1 is 1.22 bits per heavy atom. The number of hydrogen-bond donors (Lipinski definition) is 3. The number of carbonyl (C=O) groups is 3. The number of urea groups is 1. The molecule has 1 aliphatic rings. The summed E-state index contributed by atoms with van der Waals surface area (Å²) in [5, 5.41) is 14.9. The fourth-order valence-electron chi connectivity index (χ4n) is 2.92. The van der Waals surface area contributed by atoms with Crippen LogP contribution in [0.2, 0.25) is 5.02 Å². The van der Waals surface area contributed by atoms with Crippen molar-refractivity contribution in [3.05, 3.63) is 64.7 Å². The van der Waals surface area contributed by atoms with Gasteiger partial charge in [-0.1, -0.05) is 41.9 Å². The summed E-state index contributed by atoms with van der Waals surface area (Å²) in [6.07, 6.45) is -0.245. The van der Waals surface area contributed by atoms with E-state index in [0.29, 0.717) is 34.9 Å². The molecule has 1 fully saturated rings. The molecule has 7 nitrogen and oxygen atoms in total. The average molecular weight is 388 g/mol. The van der Waals surface area contributed by atoms with Crippen LogP contribution in [-0.2, 0) is 4.79 Å². The second-order valence-electron chi connectivity index (χ2n) is 6.08. The number of carboxylic acid groups (broad SMARTS) is 1. The Hall–Kier alpha value is -3.06. The lowest BCUT2D eigenvalue weighted by atomic mass is 10.0. The lowest BCUT2D eigenvalue weighted by Gasteiger charge is -2.19. The molecule has 1 saturated heterocycles. The number of hydrogen-bond acceptors (Lipinski definition) is 3. The van der Waals surface area contributed by atoms with Gasteiger partial charge in [-0.3, -0.25) is 14.5 Å².